The van der Waals surface area contributed by atoms with E-state index in [0.717, 1.165) is 29.8 Å². The third-order valence-electron chi connectivity index (χ3n) is 3.06. The highest BCUT2D eigenvalue weighted by Gasteiger charge is 2.28. The molecular weight excluding hydrogens is 270 g/mol. The number of hydrogen-bond acceptors (Lipinski definition) is 3. The second-order valence-electron chi connectivity index (χ2n) is 4.57. The standard InChI is InChI=1S/C11H18BrN3O/c1-7(2)15-11(9(12)5-14-15)10(13)8-3-4-16-6-8/h5,7-8,10H,3-4,6,13H2,1-2H3. The van der Waals surface area contributed by atoms with Gasteiger partial charge in [0.25, 0.3) is 0 Å². The predicted molar refractivity (Wildman–Crippen MR) is 66.2 cm³/mol. The van der Waals surface area contributed by atoms with Crippen LogP contribution in [0, 0.1) is 5.92 Å². The van der Waals surface area contributed by atoms with E-state index in [0.29, 0.717) is 12.0 Å². The van der Waals surface area contributed by atoms with Crippen LogP contribution in [0.1, 0.15) is 38.0 Å². The molecule has 0 saturated carbocycles. The Hall–Kier alpha value is -0.390. The average molecular weight is 288 g/mol. The van der Waals surface area contributed by atoms with E-state index in [2.05, 4.69) is 34.9 Å². The minimum absolute atomic E-state index is 0.00164. The maximum atomic E-state index is 6.31. The fourth-order valence-corrected chi connectivity index (χ4v) is 2.67. The van der Waals surface area contributed by atoms with Gasteiger partial charge in [-0.05, 0) is 36.2 Å². The van der Waals surface area contributed by atoms with Crippen LogP contribution in [0.3, 0.4) is 0 Å². The Balaban J connectivity index is 2.27. The van der Waals surface area contributed by atoms with E-state index >= 15 is 0 Å². The lowest BCUT2D eigenvalue weighted by atomic mass is 9.97. The summed E-state index contributed by atoms with van der Waals surface area (Å²) in [5.41, 5.74) is 7.40. The molecule has 0 radical (unpaired) electrons. The number of ether oxygens (including phenoxy) is 1. The van der Waals surface area contributed by atoms with Crippen molar-refractivity contribution in [3.8, 4) is 0 Å². The molecule has 1 aromatic heterocycles. The zero-order valence-corrected chi connectivity index (χ0v) is 11.3. The van der Waals surface area contributed by atoms with Gasteiger partial charge in [-0.15, -0.1) is 0 Å². The minimum Gasteiger partial charge on any atom is -0.381 e. The summed E-state index contributed by atoms with van der Waals surface area (Å²) in [5, 5.41) is 4.36. The van der Waals surface area contributed by atoms with Gasteiger partial charge in [0, 0.05) is 18.6 Å². The predicted octanol–water partition coefficient (Wildman–Crippen LogP) is 2.26. The number of hydrogen-bond donors (Lipinski definition) is 1. The molecule has 2 rings (SSSR count). The summed E-state index contributed by atoms with van der Waals surface area (Å²) in [7, 11) is 0. The molecule has 2 atom stereocenters. The van der Waals surface area contributed by atoms with Gasteiger partial charge in [-0.1, -0.05) is 0 Å². The fourth-order valence-electron chi connectivity index (χ4n) is 2.13. The molecule has 2 unspecified atom stereocenters. The van der Waals surface area contributed by atoms with Gasteiger partial charge < -0.3 is 10.5 Å². The molecule has 1 fully saturated rings. The molecule has 0 aromatic carbocycles. The zero-order valence-electron chi connectivity index (χ0n) is 9.69. The summed E-state index contributed by atoms with van der Waals surface area (Å²) < 4.78 is 8.39. The van der Waals surface area contributed by atoms with E-state index in [1.165, 1.54) is 0 Å². The third kappa shape index (κ3) is 2.17. The lowest BCUT2D eigenvalue weighted by Crippen LogP contribution is -2.25. The molecule has 2 heterocycles. The minimum atomic E-state index is 0.00164. The van der Waals surface area contributed by atoms with Crippen molar-refractivity contribution < 1.29 is 4.74 Å². The first-order chi connectivity index (χ1) is 7.61. The first kappa shape index (κ1) is 12.1. The first-order valence-electron chi connectivity index (χ1n) is 5.67. The van der Waals surface area contributed by atoms with E-state index in [9.17, 15) is 0 Å². The van der Waals surface area contributed by atoms with Gasteiger partial charge in [0.15, 0.2) is 0 Å². The summed E-state index contributed by atoms with van der Waals surface area (Å²) in [4.78, 5) is 0. The molecule has 0 bridgehead atoms. The topological polar surface area (TPSA) is 53.1 Å². The Morgan fingerprint density at radius 3 is 2.94 bits per heavy atom. The van der Waals surface area contributed by atoms with Crippen molar-refractivity contribution in [2.75, 3.05) is 13.2 Å². The van der Waals surface area contributed by atoms with Crippen molar-refractivity contribution in [3.05, 3.63) is 16.4 Å². The summed E-state index contributed by atoms with van der Waals surface area (Å²) >= 11 is 3.53. The largest absolute Gasteiger partial charge is 0.381 e. The van der Waals surface area contributed by atoms with Gasteiger partial charge in [-0.2, -0.15) is 5.10 Å². The molecule has 1 aliphatic heterocycles. The van der Waals surface area contributed by atoms with E-state index in [-0.39, 0.29) is 6.04 Å². The van der Waals surface area contributed by atoms with E-state index in [4.69, 9.17) is 10.5 Å². The van der Waals surface area contributed by atoms with Crippen LogP contribution in [0.5, 0.6) is 0 Å². The van der Waals surface area contributed by atoms with Crippen LogP contribution in [0.2, 0.25) is 0 Å². The van der Waals surface area contributed by atoms with Crippen LogP contribution in [-0.4, -0.2) is 23.0 Å². The number of nitrogens with zero attached hydrogens (tertiary/aromatic N) is 2. The molecule has 0 spiro atoms. The molecule has 1 saturated heterocycles. The van der Waals surface area contributed by atoms with Crippen molar-refractivity contribution in [2.45, 2.75) is 32.4 Å². The smallest absolute Gasteiger partial charge is 0.0700 e. The molecule has 0 amide bonds. The SMILES string of the molecule is CC(C)n1ncc(Br)c1C(N)C1CCOC1. The van der Waals surface area contributed by atoms with E-state index in [1.807, 2.05) is 10.9 Å². The molecule has 4 nitrogen and oxygen atoms in total. The second kappa shape index (κ2) is 4.85. The molecule has 16 heavy (non-hydrogen) atoms. The number of nitrogens with two attached hydrogens (primary N) is 1. The Labute approximate surface area is 104 Å². The molecule has 0 aliphatic carbocycles. The Morgan fingerprint density at radius 2 is 2.38 bits per heavy atom. The number of aromatic nitrogens is 2. The quantitative estimate of drug-likeness (QED) is 0.928. The van der Waals surface area contributed by atoms with Crippen molar-refractivity contribution >= 4 is 15.9 Å². The summed E-state index contributed by atoms with van der Waals surface area (Å²) in [6.45, 7) is 5.81. The van der Waals surface area contributed by atoms with Crippen molar-refractivity contribution in [2.24, 2.45) is 11.7 Å². The molecule has 2 N–H and O–H groups in total. The van der Waals surface area contributed by atoms with Gasteiger partial charge in [0.1, 0.15) is 0 Å². The van der Waals surface area contributed by atoms with E-state index < -0.39 is 0 Å². The Bertz CT molecular complexity index is 358. The molecule has 5 heteroatoms. The Kier molecular flexibility index (Phi) is 3.66. The molecular formula is C11H18BrN3O. The number of rotatable bonds is 3. The van der Waals surface area contributed by atoms with Crippen molar-refractivity contribution in [1.82, 2.24) is 9.78 Å². The zero-order chi connectivity index (χ0) is 11.7. The highest BCUT2D eigenvalue weighted by Crippen LogP contribution is 2.32. The maximum Gasteiger partial charge on any atom is 0.0700 e. The molecule has 90 valence electrons. The van der Waals surface area contributed by atoms with Crippen LogP contribution in [-0.2, 0) is 4.74 Å². The van der Waals surface area contributed by atoms with Crippen LogP contribution in [0.25, 0.3) is 0 Å². The van der Waals surface area contributed by atoms with E-state index in [1.54, 1.807) is 0 Å². The maximum absolute atomic E-state index is 6.31. The van der Waals surface area contributed by atoms with Gasteiger partial charge in [-0.25, -0.2) is 0 Å². The monoisotopic (exact) mass is 287 g/mol. The van der Waals surface area contributed by atoms with Crippen LogP contribution >= 0.6 is 15.9 Å². The van der Waals surface area contributed by atoms with Crippen molar-refractivity contribution in [3.63, 3.8) is 0 Å². The highest BCUT2D eigenvalue weighted by atomic mass is 79.9. The first-order valence-corrected chi connectivity index (χ1v) is 6.46. The van der Waals surface area contributed by atoms with Gasteiger partial charge in [0.2, 0.25) is 0 Å². The van der Waals surface area contributed by atoms with Gasteiger partial charge in [0.05, 0.1) is 29.0 Å². The lowest BCUT2D eigenvalue weighted by Gasteiger charge is -2.21. The Morgan fingerprint density at radius 1 is 1.62 bits per heavy atom. The summed E-state index contributed by atoms with van der Waals surface area (Å²) in [5.74, 6) is 0.408. The lowest BCUT2D eigenvalue weighted by molar-refractivity contribution is 0.179. The normalized spacial score (nSPS) is 22.9. The van der Waals surface area contributed by atoms with Crippen molar-refractivity contribution in [1.29, 1.82) is 0 Å². The number of halogens is 1. The summed E-state index contributed by atoms with van der Waals surface area (Å²) in [6.07, 6.45) is 2.86. The average Bonchev–Trinajstić information content (AvgIpc) is 2.84. The van der Waals surface area contributed by atoms with Crippen LogP contribution in [0.15, 0.2) is 10.7 Å². The molecule has 1 aliphatic rings. The highest BCUT2D eigenvalue weighted by molar-refractivity contribution is 9.10. The fraction of sp³-hybridized carbons (Fsp3) is 0.727. The van der Waals surface area contributed by atoms with Gasteiger partial charge >= 0.3 is 0 Å². The van der Waals surface area contributed by atoms with Gasteiger partial charge in [-0.3, -0.25) is 4.68 Å². The van der Waals surface area contributed by atoms with Crippen LogP contribution in [0.4, 0.5) is 0 Å². The summed E-state index contributed by atoms with van der Waals surface area (Å²) in [6, 6.07) is 0.330. The second-order valence-corrected chi connectivity index (χ2v) is 5.42. The third-order valence-corrected chi connectivity index (χ3v) is 3.68. The van der Waals surface area contributed by atoms with Crippen LogP contribution < -0.4 is 5.73 Å². The molecule has 1 aromatic rings.